The van der Waals surface area contributed by atoms with Gasteiger partial charge in [0, 0.05) is 22.5 Å². The van der Waals surface area contributed by atoms with E-state index in [1.165, 1.54) is 0 Å². The Labute approximate surface area is 84.6 Å². The highest BCUT2D eigenvalue weighted by atomic mass is 79.9. The van der Waals surface area contributed by atoms with Crippen LogP contribution in [0.25, 0.3) is 0 Å². The molecule has 0 aromatic heterocycles. The first-order chi connectivity index (χ1) is 6.18. The molecule has 0 saturated heterocycles. The lowest BCUT2D eigenvalue weighted by molar-refractivity contribution is 0.255. The third kappa shape index (κ3) is 1.51. The second-order valence-electron chi connectivity index (χ2n) is 3.09. The molecular formula is C9H10BrNO2. The summed E-state index contributed by atoms with van der Waals surface area (Å²) in [6.45, 7) is 0.573. The Balaban J connectivity index is 2.56. The summed E-state index contributed by atoms with van der Waals surface area (Å²) in [5.41, 5.74) is 6.75. The van der Waals surface area contributed by atoms with Crippen LogP contribution >= 0.6 is 15.9 Å². The minimum Gasteiger partial charge on any atom is -0.504 e. The van der Waals surface area contributed by atoms with E-state index in [1.54, 1.807) is 6.07 Å². The second-order valence-corrected chi connectivity index (χ2v) is 4.00. The van der Waals surface area contributed by atoms with Gasteiger partial charge < -0.3 is 15.6 Å². The summed E-state index contributed by atoms with van der Waals surface area (Å²) in [5, 5.41) is 9.54. The quantitative estimate of drug-likeness (QED) is 0.733. The van der Waals surface area contributed by atoms with Crippen molar-refractivity contribution in [2.75, 3.05) is 6.61 Å². The first-order valence-corrected chi connectivity index (χ1v) is 4.88. The summed E-state index contributed by atoms with van der Waals surface area (Å²) in [6, 6.07) is 3.46. The molecule has 1 aromatic rings. The smallest absolute Gasteiger partial charge is 0.165 e. The van der Waals surface area contributed by atoms with Crippen LogP contribution in [0.4, 0.5) is 0 Å². The minimum atomic E-state index is -0.0350. The minimum absolute atomic E-state index is 0.0350. The topological polar surface area (TPSA) is 55.5 Å². The van der Waals surface area contributed by atoms with E-state index in [4.69, 9.17) is 10.5 Å². The van der Waals surface area contributed by atoms with E-state index in [9.17, 15) is 5.11 Å². The molecule has 0 saturated carbocycles. The largest absolute Gasteiger partial charge is 0.504 e. The lowest BCUT2D eigenvalue weighted by Gasteiger charge is -2.23. The number of hydrogen-bond acceptors (Lipinski definition) is 3. The Morgan fingerprint density at radius 3 is 3.08 bits per heavy atom. The normalized spacial score (nSPS) is 20.6. The fourth-order valence-corrected chi connectivity index (χ4v) is 1.94. The van der Waals surface area contributed by atoms with Gasteiger partial charge in [0.15, 0.2) is 11.5 Å². The van der Waals surface area contributed by atoms with Gasteiger partial charge in [0.1, 0.15) is 0 Å². The van der Waals surface area contributed by atoms with Crippen LogP contribution in [0.15, 0.2) is 16.6 Å². The summed E-state index contributed by atoms with van der Waals surface area (Å²) in [6.07, 6.45) is 0.795. The van der Waals surface area contributed by atoms with Crippen molar-refractivity contribution in [2.24, 2.45) is 5.73 Å². The number of aromatic hydroxyl groups is 1. The highest BCUT2D eigenvalue weighted by Crippen LogP contribution is 2.39. The van der Waals surface area contributed by atoms with Gasteiger partial charge in [0.2, 0.25) is 0 Å². The number of rotatable bonds is 0. The standard InChI is InChI=1S/C9H10BrNO2/c10-5-3-6-7(11)1-2-13-9(6)8(12)4-5/h3-4,7,12H,1-2,11H2/t7-/m0/s1. The molecule has 70 valence electrons. The molecule has 1 atom stereocenters. The highest BCUT2D eigenvalue weighted by molar-refractivity contribution is 9.10. The molecule has 3 N–H and O–H groups in total. The number of phenolic OH excluding ortho intramolecular Hbond substituents is 1. The molecule has 0 spiro atoms. The zero-order valence-corrected chi connectivity index (χ0v) is 8.54. The number of fused-ring (bicyclic) bond motifs is 1. The highest BCUT2D eigenvalue weighted by Gasteiger charge is 2.21. The number of benzene rings is 1. The molecule has 0 amide bonds. The summed E-state index contributed by atoms with van der Waals surface area (Å²) >= 11 is 3.30. The van der Waals surface area contributed by atoms with Gasteiger partial charge in [-0.05, 0) is 12.1 Å². The van der Waals surface area contributed by atoms with Crippen molar-refractivity contribution in [3.63, 3.8) is 0 Å². The molecule has 0 radical (unpaired) electrons. The maximum atomic E-state index is 9.54. The van der Waals surface area contributed by atoms with Gasteiger partial charge >= 0.3 is 0 Å². The molecule has 0 aliphatic carbocycles. The van der Waals surface area contributed by atoms with Crippen molar-refractivity contribution in [1.82, 2.24) is 0 Å². The van der Waals surface area contributed by atoms with Crippen molar-refractivity contribution in [2.45, 2.75) is 12.5 Å². The number of ether oxygens (including phenoxy) is 1. The van der Waals surface area contributed by atoms with E-state index in [1.807, 2.05) is 6.07 Å². The van der Waals surface area contributed by atoms with Crippen molar-refractivity contribution in [3.8, 4) is 11.5 Å². The summed E-state index contributed by atoms with van der Waals surface area (Å²) in [7, 11) is 0. The molecular weight excluding hydrogens is 234 g/mol. The zero-order chi connectivity index (χ0) is 9.42. The van der Waals surface area contributed by atoms with Gasteiger partial charge in [0.05, 0.1) is 6.61 Å². The second kappa shape index (κ2) is 3.20. The molecule has 1 aliphatic heterocycles. The van der Waals surface area contributed by atoms with Crippen LogP contribution in [0.1, 0.15) is 18.0 Å². The number of phenols is 1. The molecule has 0 unspecified atom stereocenters. The fraction of sp³-hybridized carbons (Fsp3) is 0.333. The third-order valence-electron chi connectivity index (χ3n) is 2.14. The van der Waals surface area contributed by atoms with Crippen LogP contribution in [0.5, 0.6) is 11.5 Å². The number of hydrogen-bond donors (Lipinski definition) is 2. The molecule has 13 heavy (non-hydrogen) atoms. The van der Waals surface area contributed by atoms with E-state index in [-0.39, 0.29) is 11.8 Å². The SMILES string of the molecule is N[C@H]1CCOc2c(O)cc(Br)cc21. The molecule has 1 aliphatic rings. The van der Waals surface area contributed by atoms with E-state index >= 15 is 0 Å². The van der Waals surface area contributed by atoms with E-state index in [0.29, 0.717) is 12.4 Å². The van der Waals surface area contributed by atoms with Crippen LogP contribution in [0, 0.1) is 0 Å². The summed E-state index contributed by atoms with van der Waals surface area (Å²) in [5.74, 6) is 0.682. The maximum Gasteiger partial charge on any atom is 0.165 e. The van der Waals surface area contributed by atoms with Crippen LogP contribution in [-0.2, 0) is 0 Å². The monoisotopic (exact) mass is 243 g/mol. The first kappa shape index (κ1) is 8.84. The van der Waals surface area contributed by atoms with Crippen molar-refractivity contribution >= 4 is 15.9 Å². The molecule has 1 heterocycles. The molecule has 2 rings (SSSR count). The van der Waals surface area contributed by atoms with Gasteiger partial charge in [-0.25, -0.2) is 0 Å². The van der Waals surface area contributed by atoms with E-state index < -0.39 is 0 Å². The van der Waals surface area contributed by atoms with Crippen molar-refractivity contribution < 1.29 is 9.84 Å². The number of nitrogens with two attached hydrogens (primary N) is 1. The Hall–Kier alpha value is -0.740. The van der Waals surface area contributed by atoms with E-state index in [2.05, 4.69) is 15.9 Å². The predicted molar refractivity (Wildman–Crippen MR) is 52.8 cm³/mol. The zero-order valence-electron chi connectivity index (χ0n) is 6.96. The molecule has 1 aromatic carbocycles. The lowest BCUT2D eigenvalue weighted by atomic mass is 10.0. The Kier molecular flexibility index (Phi) is 2.17. The molecule has 4 heteroatoms. The van der Waals surface area contributed by atoms with Crippen LogP contribution in [0.2, 0.25) is 0 Å². The third-order valence-corrected chi connectivity index (χ3v) is 2.60. The maximum absolute atomic E-state index is 9.54. The Morgan fingerprint density at radius 1 is 1.54 bits per heavy atom. The number of halogens is 1. The predicted octanol–water partition coefficient (Wildman–Crippen LogP) is 1.94. The van der Waals surface area contributed by atoms with Gasteiger partial charge in [-0.15, -0.1) is 0 Å². The first-order valence-electron chi connectivity index (χ1n) is 4.09. The van der Waals surface area contributed by atoms with Gasteiger partial charge in [-0.2, -0.15) is 0 Å². The Morgan fingerprint density at radius 2 is 2.31 bits per heavy atom. The summed E-state index contributed by atoms with van der Waals surface area (Å²) in [4.78, 5) is 0. The molecule has 3 nitrogen and oxygen atoms in total. The van der Waals surface area contributed by atoms with Crippen molar-refractivity contribution in [3.05, 3.63) is 22.2 Å². The molecule has 0 bridgehead atoms. The lowest BCUT2D eigenvalue weighted by Crippen LogP contribution is -2.20. The van der Waals surface area contributed by atoms with Crippen molar-refractivity contribution in [1.29, 1.82) is 0 Å². The van der Waals surface area contributed by atoms with Gasteiger partial charge in [-0.3, -0.25) is 0 Å². The average molecular weight is 244 g/mol. The van der Waals surface area contributed by atoms with Crippen LogP contribution < -0.4 is 10.5 Å². The fourth-order valence-electron chi connectivity index (χ4n) is 1.48. The van der Waals surface area contributed by atoms with Crippen LogP contribution in [0.3, 0.4) is 0 Å². The summed E-state index contributed by atoms with van der Waals surface area (Å²) < 4.78 is 6.15. The molecule has 0 fully saturated rings. The van der Waals surface area contributed by atoms with Crippen LogP contribution in [-0.4, -0.2) is 11.7 Å². The Bertz CT molecular complexity index is 341. The van der Waals surface area contributed by atoms with Gasteiger partial charge in [-0.1, -0.05) is 15.9 Å². The average Bonchev–Trinajstić information content (AvgIpc) is 2.07. The van der Waals surface area contributed by atoms with Gasteiger partial charge in [0.25, 0.3) is 0 Å². The van der Waals surface area contributed by atoms with E-state index in [0.717, 1.165) is 16.5 Å².